The Morgan fingerprint density at radius 2 is 1.79 bits per heavy atom. The van der Waals surface area contributed by atoms with Crippen LogP contribution in [-0.2, 0) is 0 Å². The average Bonchev–Trinajstić information content (AvgIpc) is 2.99. The standard InChI is InChI=1S/C15H21NO3/c16-14(15(17)10-3-1-2-4-10)11-5-6-12-13(9-11)19-8-7-18-12/h5-6,9-10,14-15,17H,1-4,7-8,16H2/t14-,15+/m0/s1. The van der Waals surface area contributed by atoms with Gasteiger partial charge in [0.15, 0.2) is 11.5 Å². The number of hydrogen-bond acceptors (Lipinski definition) is 4. The van der Waals surface area contributed by atoms with E-state index in [1.807, 2.05) is 18.2 Å². The van der Waals surface area contributed by atoms with Crippen molar-refractivity contribution < 1.29 is 14.6 Å². The van der Waals surface area contributed by atoms with Gasteiger partial charge in [0.1, 0.15) is 13.2 Å². The lowest BCUT2D eigenvalue weighted by Gasteiger charge is -2.26. The van der Waals surface area contributed by atoms with Crippen molar-refractivity contribution in [1.82, 2.24) is 0 Å². The number of rotatable bonds is 3. The first-order valence-corrected chi connectivity index (χ1v) is 7.09. The highest BCUT2D eigenvalue weighted by molar-refractivity contribution is 5.44. The summed E-state index contributed by atoms with van der Waals surface area (Å²) in [5, 5.41) is 10.4. The second kappa shape index (κ2) is 5.39. The molecule has 2 aliphatic rings. The van der Waals surface area contributed by atoms with Crippen molar-refractivity contribution in [3.05, 3.63) is 23.8 Å². The second-order valence-corrected chi connectivity index (χ2v) is 5.46. The van der Waals surface area contributed by atoms with Gasteiger partial charge in [-0.05, 0) is 36.5 Å². The summed E-state index contributed by atoms with van der Waals surface area (Å²) in [6, 6.07) is 5.36. The van der Waals surface area contributed by atoms with E-state index >= 15 is 0 Å². The van der Waals surface area contributed by atoms with E-state index < -0.39 is 6.10 Å². The van der Waals surface area contributed by atoms with Crippen LogP contribution in [0.3, 0.4) is 0 Å². The fraction of sp³-hybridized carbons (Fsp3) is 0.600. The maximum Gasteiger partial charge on any atom is 0.161 e. The van der Waals surface area contributed by atoms with Crippen molar-refractivity contribution in [2.75, 3.05) is 13.2 Å². The molecule has 0 spiro atoms. The van der Waals surface area contributed by atoms with Crippen LogP contribution in [0.4, 0.5) is 0 Å². The summed E-state index contributed by atoms with van der Waals surface area (Å²) in [6.07, 6.45) is 4.11. The van der Waals surface area contributed by atoms with E-state index in [0.29, 0.717) is 19.1 Å². The van der Waals surface area contributed by atoms with E-state index in [1.165, 1.54) is 12.8 Å². The lowest BCUT2D eigenvalue weighted by Crippen LogP contribution is -2.32. The second-order valence-electron chi connectivity index (χ2n) is 5.46. The summed E-state index contributed by atoms with van der Waals surface area (Å²) in [4.78, 5) is 0. The summed E-state index contributed by atoms with van der Waals surface area (Å²) in [6.45, 7) is 1.15. The quantitative estimate of drug-likeness (QED) is 0.875. The van der Waals surface area contributed by atoms with Crippen LogP contribution in [0.15, 0.2) is 18.2 Å². The monoisotopic (exact) mass is 263 g/mol. The number of nitrogens with two attached hydrogens (primary N) is 1. The maximum atomic E-state index is 10.4. The molecule has 2 atom stereocenters. The first-order chi connectivity index (χ1) is 9.25. The van der Waals surface area contributed by atoms with Gasteiger partial charge >= 0.3 is 0 Å². The molecule has 0 amide bonds. The average molecular weight is 263 g/mol. The van der Waals surface area contributed by atoms with Crippen molar-refractivity contribution in [2.24, 2.45) is 11.7 Å². The first-order valence-electron chi connectivity index (χ1n) is 7.09. The third kappa shape index (κ3) is 2.55. The first kappa shape index (κ1) is 12.8. The molecule has 0 aromatic heterocycles. The molecule has 1 aliphatic heterocycles. The number of hydrogen-bond donors (Lipinski definition) is 2. The molecule has 1 aromatic carbocycles. The molecule has 4 nitrogen and oxygen atoms in total. The van der Waals surface area contributed by atoms with Crippen molar-refractivity contribution >= 4 is 0 Å². The molecule has 1 fully saturated rings. The zero-order chi connectivity index (χ0) is 13.2. The van der Waals surface area contributed by atoms with Crippen LogP contribution in [0.5, 0.6) is 11.5 Å². The molecule has 1 saturated carbocycles. The minimum atomic E-state index is -0.468. The highest BCUT2D eigenvalue weighted by Gasteiger charge is 2.29. The van der Waals surface area contributed by atoms with Gasteiger partial charge < -0.3 is 20.3 Å². The normalized spacial score (nSPS) is 22.2. The Balaban J connectivity index is 1.77. The van der Waals surface area contributed by atoms with Crippen LogP contribution in [0.2, 0.25) is 0 Å². The van der Waals surface area contributed by atoms with Gasteiger partial charge in [-0.1, -0.05) is 18.9 Å². The van der Waals surface area contributed by atoms with Crippen LogP contribution in [0.25, 0.3) is 0 Å². The fourth-order valence-electron chi connectivity index (χ4n) is 3.06. The van der Waals surface area contributed by atoms with Gasteiger partial charge in [0.05, 0.1) is 12.1 Å². The summed E-state index contributed by atoms with van der Waals surface area (Å²) in [5.41, 5.74) is 7.13. The Bertz CT molecular complexity index is 443. The third-order valence-electron chi connectivity index (χ3n) is 4.20. The molecule has 4 heteroatoms. The van der Waals surface area contributed by atoms with Gasteiger partial charge in [-0.3, -0.25) is 0 Å². The number of fused-ring (bicyclic) bond motifs is 1. The Labute approximate surface area is 113 Å². The number of aliphatic hydroxyl groups excluding tert-OH is 1. The molecule has 0 saturated heterocycles. The summed E-state index contributed by atoms with van der Waals surface area (Å²) >= 11 is 0. The van der Waals surface area contributed by atoms with Crippen molar-refractivity contribution in [1.29, 1.82) is 0 Å². The fourth-order valence-corrected chi connectivity index (χ4v) is 3.06. The number of benzene rings is 1. The predicted octanol–water partition coefficient (Wildman–Crippen LogP) is 2.01. The van der Waals surface area contributed by atoms with Gasteiger partial charge in [-0.25, -0.2) is 0 Å². The largest absolute Gasteiger partial charge is 0.486 e. The van der Waals surface area contributed by atoms with E-state index in [4.69, 9.17) is 15.2 Å². The molecule has 0 bridgehead atoms. The predicted molar refractivity (Wildman–Crippen MR) is 72.3 cm³/mol. The number of ether oxygens (including phenoxy) is 2. The Hall–Kier alpha value is -1.26. The van der Waals surface area contributed by atoms with Gasteiger partial charge in [0.2, 0.25) is 0 Å². The third-order valence-corrected chi connectivity index (χ3v) is 4.20. The minimum absolute atomic E-state index is 0.336. The van der Waals surface area contributed by atoms with Gasteiger partial charge in [-0.15, -0.1) is 0 Å². The zero-order valence-electron chi connectivity index (χ0n) is 11.0. The van der Waals surface area contributed by atoms with Gasteiger partial charge in [0, 0.05) is 0 Å². The molecule has 3 rings (SSSR count). The maximum absolute atomic E-state index is 10.4. The zero-order valence-corrected chi connectivity index (χ0v) is 11.0. The van der Waals surface area contributed by atoms with Crippen LogP contribution < -0.4 is 15.2 Å². The molecule has 0 unspecified atom stereocenters. The molecule has 19 heavy (non-hydrogen) atoms. The van der Waals surface area contributed by atoms with Crippen molar-refractivity contribution in [3.8, 4) is 11.5 Å². The van der Waals surface area contributed by atoms with Gasteiger partial charge in [-0.2, -0.15) is 0 Å². The molecule has 104 valence electrons. The van der Waals surface area contributed by atoms with Crippen molar-refractivity contribution in [2.45, 2.75) is 37.8 Å². The molecule has 3 N–H and O–H groups in total. The minimum Gasteiger partial charge on any atom is -0.486 e. The molecule has 1 aromatic rings. The van der Waals surface area contributed by atoms with E-state index in [0.717, 1.165) is 29.9 Å². The lowest BCUT2D eigenvalue weighted by molar-refractivity contribution is 0.0842. The summed E-state index contributed by atoms with van der Waals surface area (Å²) in [7, 11) is 0. The lowest BCUT2D eigenvalue weighted by atomic mass is 9.91. The van der Waals surface area contributed by atoms with Crippen LogP contribution in [0.1, 0.15) is 37.3 Å². The summed E-state index contributed by atoms with van der Waals surface area (Å²) < 4.78 is 11.0. The molecule has 1 aliphatic carbocycles. The highest BCUT2D eigenvalue weighted by atomic mass is 16.6. The van der Waals surface area contributed by atoms with E-state index in [1.54, 1.807) is 0 Å². The summed E-state index contributed by atoms with van der Waals surface area (Å²) in [5.74, 6) is 1.83. The Morgan fingerprint density at radius 3 is 2.53 bits per heavy atom. The van der Waals surface area contributed by atoms with Crippen LogP contribution in [-0.4, -0.2) is 24.4 Å². The van der Waals surface area contributed by atoms with Crippen molar-refractivity contribution in [3.63, 3.8) is 0 Å². The van der Waals surface area contributed by atoms with Gasteiger partial charge in [0.25, 0.3) is 0 Å². The molecular weight excluding hydrogens is 242 g/mol. The Kier molecular flexibility index (Phi) is 3.62. The molecule has 1 heterocycles. The topological polar surface area (TPSA) is 64.7 Å². The van der Waals surface area contributed by atoms with E-state index in [9.17, 15) is 5.11 Å². The SMILES string of the molecule is N[C@@H](c1ccc2c(c1)OCCO2)[C@H](O)C1CCCC1. The highest BCUT2D eigenvalue weighted by Crippen LogP contribution is 2.36. The molecular formula is C15H21NO3. The van der Waals surface area contributed by atoms with E-state index in [2.05, 4.69) is 0 Å². The van der Waals surface area contributed by atoms with E-state index in [-0.39, 0.29) is 6.04 Å². The Morgan fingerprint density at radius 1 is 1.11 bits per heavy atom. The van der Waals surface area contributed by atoms with Crippen LogP contribution >= 0.6 is 0 Å². The number of aliphatic hydroxyl groups is 1. The smallest absolute Gasteiger partial charge is 0.161 e. The molecule has 0 radical (unpaired) electrons. The van der Waals surface area contributed by atoms with Crippen LogP contribution in [0, 0.1) is 5.92 Å².